The van der Waals surface area contributed by atoms with Crippen LogP contribution in [0.25, 0.3) is 11.1 Å². The third-order valence-corrected chi connectivity index (χ3v) is 6.77. The van der Waals surface area contributed by atoms with E-state index in [0.29, 0.717) is 17.4 Å². The van der Waals surface area contributed by atoms with E-state index < -0.39 is 0 Å². The van der Waals surface area contributed by atoms with Gasteiger partial charge in [-0.25, -0.2) is 4.98 Å². The summed E-state index contributed by atoms with van der Waals surface area (Å²) < 4.78 is 8.43. The van der Waals surface area contributed by atoms with Crippen LogP contribution in [0.5, 0.6) is 11.6 Å². The van der Waals surface area contributed by atoms with E-state index in [4.69, 9.17) is 4.74 Å². The summed E-state index contributed by atoms with van der Waals surface area (Å²) in [5.74, 6) is 0.899. The number of anilines is 1. The molecule has 0 unspecified atom stereocenters. The maximum atomic E-state index is 12.5. The van der Waals surface area contributed by atoms with E-state index in [9.17, 15) is 10.1 Å². The first-order valence-electron chi connectivity index (χ1n) is 11.8. The normalized spacial score (nSPS) is 18.3. The molecule has 4 heterocycles. The van der Waals surface area contributed by atoms with Crippen LogP contribution in [0.2, 0.25) is 0 Å². The Balaban J connectivity index is 1.63. The summed E-state index contributed by atoms with van der Waals surface area (Å²) in [6, 6.07) is 10.0. The summed E-state index contributed by atoms with van der Waals surface area (Å²) in [7, 11) is 0. The fraction of sp³-hybridized carbons (Fsp3) is 0.385. The number of rotatable bonds is 4. The monoisotopic (exact) mass is 456 g/mol. The number of nitrogens with one attached hydrogen (secondary N) is 1. The Morgan fingerprint density at radius 1 is 1.24 bits per heavy atom. The highest BCUT2D eigenvalue weighted by molar-refractivity contribution is 5.95. The molecule has 174 valence electrons. The largest absolute Gasteiger partial charge is 0.437 e. The number of hydrogen-bond acceptors (Lipinski definition) is 6. The molecule has 3 aromatic rings. The highest BCUT2D eigenvalue weighted by atomic mass is 16.5. The number of piperidine rings is 1. The molecule has 8 nitrogen and oxygen atoms in total. The first kappa shape index (κ1) is 22.1. The minimum atomic E-state index is 0.00132. The van der Waals surface area contributed by atoms with Gasteiger partial charge in [-0.1, -0.05) is 0 Å². The van der Waals surface area contributed by atoms with Crippen molar-refractivity contribution >= 4 is 11.6 Å². The van der Waals surface area contributed by atoms with Gasteiger partial charge in [-0.2, -0.15) is 10.4 Å². The lowest BCUT2D eigenvalue weighted by molar-refractivity contribution is -0.117. The number of pyridine rings is 1. The molecule has 0 radical (unpaired) electrons. The fourth-order valence-corrected chi connectivity index (χ4v) is 5.03. The number of hydrogen-bond donors (Lipinski definition) is 1. The minimum Gasteiger partial charge on any atom is -0.437 e. The fourth-order valence-electron chi connectivity index (χ4n) is 5.03. The zero-order valence-corrected chi connectivity index (χ0v) is 19.5. The highest BCUT2D eigenvalue weighted by Gasteiger charge is 2.31. The summed E-state index contributed by atoms with van der Waals surface area (Å²) in [6.45, 7) is 5.63. The van der Waals surface area contributed by atoms with E-state index in [2.05, 4.69) is 34.6 Å². The summed E-state index contributed by atoms with van der Waals surface area (Å²) in [5.41, 5.74) is 3.99. The van der Waals surface area contributed by atoms with Crippen molar-refractivity contribution in [2.24, 2.45) is 0 Å². The quantitative estimate of drug-likeness (QED) is 0.631. The highest BCUT2D eigenvalue weighted by Crippen LogP contribution is 2.45. The van der Waals surface area contributed by atoms with Gasteiger partial charge in [0.05, 0.1) is 17.9 Å². The molecule has 0 saturated carbocycles. The third-order valence-electron chi connectivity index (χ3n) is 6.77. The molecule has 1 N–H and O–H groups in total. The van der Waals surface area contributed by atoms with E-state index in [1.54, 1.807) is 25.3 Å². The molecule has 2 aliphatic heterocycles. The summed E-state index contributed by atoms with van der Waals surface area (Å²) in [6.07, 6.45) is 9.23. The van der Waals surface area contributed by atoms with E-state index in [0.717, 1.165) is 61.2 Å². The Bertz CT molecular complexity index is 1250. The van der Waals surface area contributed by atoms with Gasteiger partial charge in [-0.15, -0.1) is 0 Å². The zero-order valence-electron chi connectivity index (χ0n) is 19.5. The lowest BCUT2D eigenvalue weighted by Gasteiger charge is -2.35. The molecule has 8 heteroatoms. The number of aromatic nitrogens is 3. The Morgan fingerprint density at radius 3 is 2.82 bits per heavy atom. The van der Waals surface area contributed by atoms with Crippen molar-refractivity contribution in [3.05, 3.63) is 54.0 Å². The zero-order chi connectivity index (χ0) is 23.7. The topological polar surface area (TPSA) is 96.1 Å². The van der Waals surface area contributed by atoms with Gasteiger partial charge in [0, 0.05) is 42.0 Å². The van der Waals surface area contributed by atoms with Crippen LogP contribution in [-0.2, 0) is 11.2 Å². The van der Waals surface area contributed by atoms with Gasteiger partial charge in [0.1, 0.15) is 17.4 Å². The van der Waals surface area contributed by atoms with Crippen LogP contribution in [0.1, 0.15) is 50.3 Å². The molecule has 5 rings (SSSR count). The van der Waals surface area contributed by atoms with Crippen molar-refractivity contribution in [1.82, 2.24) is 20.1 Å². The smallest absolute Gasteiger partial charge is 0.237 e. The molecule has 0 aliphatic carbocycles. The molecular formula is C26H28N6O2. The SMILES string of the molecule is CC(=O)N1c2ccc(-c3cnn(C4CCNCC4)c3)c(Oc3ncccc3C#N)c2CC[C@@H]1C. The second-order valence-corrected chi connectivity index (χ2v) is 8.98. The van der Waals surface area contributed by atoms with E-state index in [1.165, 1.54) is 0 Å². The molecule has 1 fully saturated rings. The molecular weight excluding hydrogens is 428 g/mol. The van der Waals surface area contributed by atoms with Gasteiger partial charge in [0.2, 0.25) is 11.8 Å². The standard InChI is InChI=1S/C26H28N6O2/c1-17-5-6-23-24(32(17)18(2)33)8-7-22(25(23)34-26-19(14-27)4-3-11-29-26)20-15-30-31(16-20)21-9-12-28-13-10-21/h3-4,7-8,11,15-17,21,28H,5-6,9-10,12-13H2,1-2H3/t17-/m0/s1. The molecule has 1 aromatic carbocycles. The van der Waals surface area contributed by atoms with Crippen LogP contribution in [-0.4, -0.2) is 39.8 Å². The molecule has 0 spiro atoms. The van der Waals surface area contributed by atoms with Crippen molar-refractivity contribution in [2.45, 2.75) is 51.6 Å². The first-order chi connectivity index (χ1) is 16.6. The predicted molar refractivity (Wildman–Crippen MR) is 129 cm³/mol. The average Bonchev–Trinajstić information content (AvgIpc) is 3.35. The number of carbonyl (C=O) groups is 1. The van der Waals surface area contributed by atoms with Crippen LogP contribution in [0.3, 0.4) is 0 Å². The molecule has 34 heavy (non-hydrogen) atoms. The summed E-state index contributed by atoms with van der Waals surface area (Å²) in [4.78, 5) is 18.6. The maximum Gasteiger partial charge on any atom is 0.237 e. The number of carbonyl (C=O) groups excluding carboxylic acids is 1. The average molecular weight is 457 g/mol. The summed E-state index contributed by atoms with van der Waals surface area (Å²) in [5, 5.41) is 17.6. The Hall–Kier alpha value is -3.70. The maximum absolute atomic E-state index is 12.5. The Kier molecular flexibility index (Phi) is 6.03. The molecule has 1 saturated heterocycles. The van der Waals surface area contributed by atoms with Gasteiger partial charge in [-0.3, -0.25) is 9.48 Å². The molecule has 1 amide bonds. The first-order valence-corrected chi connectivity index (χ1v) is 11.8. The summed E-state index contributed by atoms with van der Waals surface area (Å²) >= 11 is 0. The van der Waals surface area contributed by atoms with E-state index >= 15 is 0 Å². The van der Waals surface area contributed by atoms with Gasteiger partial charge in [0.15, 0.2) is 0 Å². The number of ether oxygens (including phenoxy) is 1. The number of fused-ring (bicyclic) bond motifs is 1. The Labute approximate surface area is 199 Å². The second kappa shape index (κ2) is 9.27. The number of nitrogens with zero attached hydrogens (tertiary/aromatic N) is 5. The minimum absolute atomic E-state index is 0.00132. The van der Waals surface area contributed by atoms with Crippen molar-refractivity contribution in [3.8, 4) is 28.8 Å². The second-order valence-electron chi connectivity index (χ2n) is 8.98. The van der Waals surface area contributed by atoms with Gasteiger partial charge < -0.3 is 15.0 Å². The molecule has 2 aromatic heterocycles. The lowest BCUT2D eigenvalue weighted by Crippen LogP contribution is -2.40. The van der Waals surface area contributed by atoms with E-state index in [1.807, 2.05) is 27.9 Å². The molecule has 0 bridgehead atoms. The molecule has 1 atom stereocenters. The number of benzene rings is 1. The van der Waals surface area contributed by atoms with Crippen molar-refractivity contribution < 1.29 is 9.53 Å². The predicted octanol–water partition coefficient (Wildman–Crippen LogP) is 4.22. The van der Waals surface area contributed by atoms with Crippen LogP contribution in [0.4, 0.5) is 5.69 Å². The molecule has 2 aliphatic rings. The Morgan fingerprint density at radius 2 is 2.06 bits per heavy atom. The number of amides is 1. The lowest BCUT2D eigenvalue weighted by atomic mass is 9.92. The number of nitriles is 1. The van der Waals surface area contributed by atoms with Gasteiger partial charge in [0.25, 0.3) is 0 Å². The van der Waals surface area contributed by atoms with Crippen molar-refractivity contribution in [1.29, 1.82) is 5.26 Å². The van der Waals surface area contributed by atoms with Crippen molar-refractivity contribution in [2.75, 3.05) is 18.0 Å². The van der Waals surface area contributed by atoms with Crippen molar-refractivity contribution in [3.63, 3.8) is 0 Å². The van der Waals surface area contributed by atoms with Crippen LogP contribution < -0.4 is 15.0 Å². The van der Waals surface area contributed by atoms with Crippen LogP contribution >= 0.6 is 0 Å². The van der Waals surface area contributed by atoms with Gasteiger partial charge >= 0.3 is 0 Å². The third kappa shape index (κ3) is 4.03. The van der Waals surface area contributed by atoms with E-state index in [-0.39, 0.29) is 17.8 Å². The van der Waals surface area contributed by atoms with Gasteiger partial charge in [-0.05, 0) is 70.0 Å². The van der Waals surface area contributed by atoms with Crippen LogP contribution in [0.15, 0.2) is 42.9 Å². The van der Waals surface area contributed by atoms with Crippen LogP contribution in [0, 0.1) is 11.3 Å².